The molecular formula is C21H27N3O5S2. The molecule has 168 valence electrons. The van der Waals surface area contributed by atoms with Gasteiger partial charge in [-0.15, -0.1) is 11.3 Å². The zero-order valence-electron chi connectivity index (χ0n) is 17.8. The highest BCUT2D eigenvalue weighted by atomic mass is 32.2. The Balaban J connectivity index is 1.51. The molecule has 0 aliphatic carbocycles. The summed E-state index contributed by atoms with van der Waals surface area (Å²) in [6.07, 6.45) is 1.13. The summed E-state index contributed by atoms with van der Waals surface area (Å²) < 4.78 is 32.9. The Labute approximate surface area is 186 Å². The number of sulfonamides is 1. The summed E-state index contributed by atoms with van der Waals surface area (Å²) in [6, 6.07) is 9.05. The second-order valence-corrected chi connectivity index (χ2v) is 11.1. The molecule has 1 saturated heterocycles. The molecule has 2 heterocycles. The first kappa shape index (κ1) is 23.2. The molecule has 8 nitrogen and oxygen atoms in total. The SMILES string of the molecule is Cc1ccc(S(=O)(=O)N2CCCC(C(=O)NNC(=O)COc3c(C)cccc3C)C2)s1. The third kappa shape index (κ3) is 5.63. The monoisotopic (exact) mass is 465 g/mol. The maximum absolute atomic E-state index is 12.8. The molecule has 0 saturated carbocycles. The van der Waals surface area contributed by atoms with E-state index in [9.17, 15) is 18.0 Å². The molecule has 2 aromatic rings. The number of nitrogens with one attached hydrogen (secondary N) is 2. The van der Waals surface area contributed by atoms with Gasteiger partial charge in [-0.3, -0.25) is 20.4 Å². The first-order valence-electron chi connectivity index (χ1n) is 10.0. The van der Waals surface area contributed by atoms with Gasteiger partial charge < -0.3 is 4.74 Å². The van der Waals surface area contributed by atoms with Crippen molar-refractivity contribution in [2.45, 2.75) is 37.8 Å². The molecule has 1 unspecified atom stereocenters. The molecule has 0 spiro atoms. The molecule has 31 heavy (non-hydrogen) atoms. The number of carbonyl (C=O) groups excluding carboxylic acids is 2. The maximum atomic E-state index is 12.8. The fourth-order valence-electron chi connectivity index (χ4n) is 3.49. The number of para-hydroxylation sites is 1. The molecule has 2 amide bonds. The molecular weight excluding hydrogens is 438 g/mol. The lowest BCUT2D eigenvalue weighted by Crippen LogP contribution is -2.50. The summed E-state index contributed by atoms with van der Waals surface area (Å²) >= 11 is 1.22. The molecule has 1 aliphatic heterocycles. The van der Waals surface area contributed by atoms with Gasteiger partial charge in [0.2, 0.25) is 5.91 Å². The van der Waals surface area contributed by atoms with Crippen LogP contribution in [0.4, 0.5) is 0 Å². The minimum Gasteiger partial charge on any atom is -0.483 e. The molecule has 1 aliphatic rings. The molecule has 1 fully saturated rings. The van der Waals surface area contributed by atoms with Gasteiger partial charge in [-0.05, 0) is 56.9 Å². The van der Waals surface area contributed by atoms with Gasteiger partial charge in [-0.1, -0.05) is 18.2 Å². The second-order valence-electron chi connectivity index (χ2n) is 7.61. The zero-order chi connectivity index (χ0) is 22.6. The van der Waals surface area contributed by atoms with E-state index in [0.29, 0.717) is 25.1 Å². The number of piperidine rings is 1. The number of carbonyl (C=O) groups is 2. The largest absolute Gasteiger partial charge is 0.483 e. The number of hydrogen-bond donors (Lipinski definition) is 2. The van der Waals surface area contributed by atoms with Crippen molar-refractivity contribution in [3.63, 3.8) is 0 Å². The van der Waals surface area contributed by atoms with Crippen LogP contribution in [0.1, 0.15) is 28.8 Å². The quantitative estimate of drug-likeness (QED) is 0.637. The highest BCUT2D eigenvalue weighted by Gasteiger charge is 2.34. The molecule has 0 radical (unpaired) electrons. The van der Waals surface area contributed by atoms with Crippen molar-refractivity contribution in [2.75, 3.05) is 19.7 Å². The summed E-state index contributed by atoms with van der Waals surface area (Å²) in [5, 5.41) is 0. The van der Waals surface area contributed by atoms with E-state index in [1.54, 1.807) is 12.1 Å². The highest BCUT2D eigenvalue weighted by molar-refractivity contribution is 7.91. The molecule has 0 bridgehead atoms. The molecule has 2 N–H and O–H groups in total. The predicted octanol–water partition coefficient (Wildman–Crippen LogP) is 2.30. The van der Waals surface area contributed by atoms with Gasteiger partial charge >= 0.3 is 0 Å². The fourth-order valence-corrected chi connectivity index (χ4v) is 6.45. The molecule has 1 aromatic heterocycles. The van der Waals surface area contributed by atoms with Gasteiger partial charge in [0.1, 0.15) is 9.96 Å². The van der Waals surface area contributed by atoms with Crippen LogP contribution >= 0.6 is 11.3 Å². The first-order chi connectivity index (χ1) is 14.7. The number of thiophene rings is 1. The summed E-state index contributed by atoms with van der Waals surface area (Å²) in [6.45, 7) is 5.85. The fraction of sp³-hybridized carbons (Fsp3) is 0.429. The third-order valence-corrected chi connectivity index (χ3v) is 8.48. The average Bonchev–Trinajstić information content (AvgIpc) is 3.19. The Bertz CT molecular complexity index is 1040. The van der Waals surface area contributed by atoms with Crippen molar-refractivity contribution in [3.05, 3.63) is 46.3 Å². The van der Waals surface area contributed by atoms with Gasteiger partial charge in [-0.2, -0.15) is 4.31 Å². The molecule has 10 heteroatoms. The van der Waals surface area contributed by atoms with Crippen LogP contribution in [0.15, 0.2) is 34.5 Å². The van der Waals surface area contributed by atoms with Crippen molar-refractivity contribution in [1.29, 1.82) is 0 Å². The smallest absolute Gasteiger partial charge is 0.276 e. The Hall–Kier alpha value is -2.43. The number of rotatable bonds is 6. The Morgan fingerprint density at radius 3 is 2.48 bits per heavy atom. The summed E-state index contributed by atoms with van der Waals surface area (Å²) in [7, 11) is -3.62. The number of amides is 2. The van der Waals surface area contributed by atoms with Crippen LogP contribution in [0.3, 0.4) is 0 Å². The number of aryl methyl sites for hydroxylation is 3. The minimum absolute atomic E-state index is 0.0832. The van der Waals surface area contributed by atoms with Crippen molar-refractivity contribution in [2.24, 2.45) is 5.92 Å². The van der Waals surface area contributed by atoms with E-state index in [1.165, 1.54) is 15.6 Å². The Morgan fingerprint density at radius 1 is 1.13 bits per heavy atom. The van der Waals surface area contributed by atoms with Gasteiger partial charge in [0, 0.05) is 18.0 Å². The van der Waals surface area contributed by atoms with E-state index >= 15 is 0 Å². The number of hydrogen-bond acceptors (Lipinski definition) is 6. The Morgan fingerprint density at radius 2 is 1.84 bits per heavy atom. The van der Waals surface area contributed by atoms with Gasteiger partial charge in [0.05, 0.1) is 5.92 Å². The van der Waals surface area contributed by atoms with Crippen LogP contribution in [0.2, 0.25) is 0 Å². The van der Waals surface area contributed by atoms with E-state index in [4.69, 9.17) is 4.74 Å². The lowest BCUT2D eigenvalue weighted by atomic mass is 9.99. The number of nitrogens with zero attached hydrogens (tertiary/aromatic N) is 1. The van der Waals surface area contributed by atoms with E-state index in [0.717, 1.165) is 16.0 Å². The number of hydrazine groups is 1. The van der Waals surface area contributed by atoms with Crippen LogP contribution in [-0.2, 0) is 19.6 Å². The maximum Gasteiger partial charge on any atom is 0.276 e. The molecule has 1 aromatic carbocycles. The minimum atomic E-state index is -3.62. The van der Waals surface area contributed by atoms with Gasteiger partial charge in [-0.25, -0.2) is 8.42 Å². The van der Waals surface area contributed by atoms with E-state index < -0.39 is 27.8 Å². The average molecular weight is 466 g/mol. The lowest BCUT2D eigenvalue weighted by Gasteiger charge is -2.30. The topological polar surface area (TPSA) is 105 Å². The van der Waals surface area contributed by atoms with Crippen LogP contribution in [-0.4, -0.2) is 44.2 Å². The number of benzene rings is 1. The number of ether oxygens (including phenoxy) is 1. The van der Waals surface area contributed by atoms with Gasteiger partial charge in [0.25, 0.3) is 15.9 Å². The van der Waals surface area contributed by atoms with Crippen molar-refractivity contribution in [3.8, 4) is 5.75 Å². The first-order valence-corrected chi connectivity index (χ1v) is 12.3. The second kappa shape index (κ2) is 9.80. The van der Waals surface area contributed by atoms with Crippen LogP contribution < -0.4 is 15.6 Å². The van der Waals surface area contributed by atoms with Crippen LogP contribution in [0.25, 0.3) is 0 Å². The Kier molecular flexibility index (Phi) is 7.34. The summed E-state index contributed by atoms with van der Waals surface area (Å²) in [4.78, 5) is 25.5. The van der Waals surface area contributed by atoms with E-state index in [1.807, 2.05) is 39.0 Å². The third-order valence-electron chi connectivity index (χ3n) is 5.15. The normalized spacial score (nSPS) is 17.2. The van der Waals surface area contributed by atoms with E-state index in [-0.39, 0.29) is 17.4 Å². The molecule has 3 rings (SSSR count). The molecule has 1 atom stereocenters. The lowest BCUT2D eigenvalue weighted by molar-refractivity contribution is -0.132. The van der Waals surface area contributed by atoms with Crippen molar-refractivity contribution in [1.82, 2.24) is 15.2 Å². The van der Waals surface area contributed by atoms with Crippen LogP contribution in [0, 0.1) is 26.7 Å². The summed E-state index contributed by atoms with van der Waals surface area (Å²) in [5.41, 5.74) is 6.58. The van der Waals surface area contributed by atoms with Crippen molar-refractivity contribution < 1.29 is 22.7 Å². The predicted molar refractivity (Wildman–Crippen MR) is 118 cm³/mol. The highest BCUT2D eigenvalue weighted by Crippen LogP contribution is 2.28. The van der Waals surface area contributed by atoms with Gasteiger partial charge in [0.15, 0.2) is 6.61 Å². The van der Waals surface area contributed by atoms with E-state index in [2.05, 4.69) is 10.9 Å². The van der Waals surface area contributed by atoms with Crippen LogP contribution in [0.5, 0.6) is 5.75 Å². The standard InChI is InChI=1S/C21H27N3O5S2/c1-14-6-4-7-15(2)20(14)29-13-18(25)22-23-21(26)17-8-5-11-24(12-17)31(27,28)19-10-9-16(3)30-19/h4,6-7,9-10,17H,5,8,11-13H2,1-3H3,(H,22,25)(H,23,26). The zero-order valence-corrected chi connectivity index (χ0v) is 19.4. The summed E-state index contributed by atoms with van der Waals surface area (Å²) in [5.74, 6) is -0.807. The van der Waals surface area contributed by atoms with Crippen molar-refractivity contribution >= 4 is 33.2 Å².